The van der Waals surface area contributed by atoms with Crippen molar-refractivity contribution in [3.8, 4) is 0 Å². The molecule has 0 bridgehead atoms. The summed E-state index contributed by atoms with van der Waals surface area (Å²) in [5, 5.41) is 2.90. The summed E-state index contributed by atoms with van der Waals surface area (Å²) in [5.74, 6) is 0.705. The Kier molecular flexibility index (Phi) is 4.36. The van der Waals surface area contributed by atoms with Crippen LogP contribution < -0.4 is 0 Å². The molecule has 0 spiro atoms. The average Bonchev–Trinajstić information content (AvgIpc) is 3.05. The van der Waals surface area contributed by atoms with Crippen molar-refractivity contribution in [3.05, 3.63) is 116 Å². The fourth-order valence-electron chi connectivity index (χ4n) is 5.35. The minimum atomic E-state index is 0.352. The third kappa shape index (κ3) is 2.74. The van der Waals surface area contributed by atoms with Crippen LogP contribution in [0.1, 0.15) is 67.5 Å². The van der Waals surface area contributed by atoms with Crippen LogP contribution in [-0.4, -0.2) is 0 Å². The maximum absolute atomic E-state index is 2.46. The second-order valence-corrected chi connectivity index (χ2v) is 9.32. The van der Waals surface area contributed by atoms with E-state index in [0.717, 1.165) is 0 Å². The van der Waals surface area contributed by atoms with Crippen LogP contribution in [0.2, 0.25) is 0 Å². The van der Waals surface area contributed by atoms with Gasteiger partial charge in [-0.15, -0.1) is 0 Å². The lowest BCUT2D eigenvalue weighted by molar-refractivity contribution is 0.726. The van der Waals surface area contributed by atoms with Gasteiger partial charge in [0.05, 0.1) is 0 Å². The molecule has 2 atom stereocenters. The summed E-state index contributed by atoms with van der Waals surface area (Å²) in [6.45, 7) is 13.4. The zero-order valence-electron chi connectivity index (χ0n) is 18.9. The van der Waals surface area contributed by atoms with E-state index < -0.39 is 0 Å². The highest BCUT2D eigenvalue weighted by Gasteiger charge is 2.37. The maximum Gasteiger partial charge on any atom is 0.0205 e. The van der Waals surface area contributed by atoms with E-state index in [-0.39, 0.29) is 0 Å². The van der Waals surface area contributed by atoms with E-state index in [0.29, 0.717) is 11.8 Å². The molecule has 4 aromatic rings. The van der Waals surface area contributed by atoms with Gasteiger partial charge in [0.25, 0.3) is 0 Å². The Balaban J connectivity index is 1.84. The summed E-state index contributed by atoms with van der Waals surface area (Å²) >= 11 is 0. The highest BCUT2D eigenvalue weighted by atomic mass is 14.4. The molecule has 0 N–H and O–H groups in total. The number of rotatable bonds is 2. The van der Waals surface area contributed by atoms with E-state index in [1.165, 1.54) is 66.4 Å². The Labute approximate surface area is 180 Å². The van der Waals surface area contributed by atoms with E-state index in [1.807, 2.05) is 0 Å². The zero-order chi connectivity index (χ0) is 21.2. The van der Waals surface area contributed by atoms with E-state index in [9.17, 15) is 0 Å². The van der Waals surface area contributed by atoms with Gasteiger partial charge in [-0.2, -0.15) is 0 Å². The number of hydrogen-bond donors (Lipinski definition) is 0. The predicted molar refractivity (Wildman–Crippen MR) is 129 cm³/mol. The molecule has 0 nitrogen and oxygen atoms in total. The van der Waals surface area contributed by atoms with Crippen molar-refractivity contribution in [1.82, 2.24) is 0 Å². The van der Waals surface area contributed by atoms with Gasteiger partial charge in [-0.3, -0.25) is 0 Å². The first-order chi connectivity index (χ1) is 14.4. The lowest BCUT2D eigenvalue weighted by Crippen LogP contribution is -2.10. The van der Waals surface area contributed by atoms with E-state index in [1.54, 1.807) is 0 Å². The Morgan fingerprint density at radius 2 is 1.07 bits per heavy atom. The summed E-state index contributed by atoms with van der Waals surface area (Å²) in [6.07, 6.45) is 0. The van der Waals surface area contributed by atoms with Gasteiger partial charge >= 0.3 is 0 Å². The molecule has 0 aliphatic heterocycles. The molecule has 30 heavy (non-hydrogen) atoms. The molecule has 0 fully saturated rings. The van der Waals surface area contributed by atoms with Crippen molar-refractivity contribution in [3.63, 3.8) is 0 Å². The minimum absolute atomic E-state index is 0.352. The normalized spacial score (nSPS) is 17.7. The minimum Gasteiger partial charge on any atom is -0.0613 e. The Bertz CT molecular complexity index is 1310. The first kappa shape index (κ1) is 19.1. The molecule has 2 unspecified atom stereocenters. The molecular weight excluding hydrogens is 360 g/mol. The van der Waals surface area contributed by atoms with Gasteiger partial charge in [0.2, 0.25) is 0 Å². The van der Waals surface area contributed by atoms with Gasteiger partial charge in [0, 0.05) is 11.8 Å². The zero-order valence-corrected chi connectivity index (χ0v) is 18.9. The summed E-state index contributed by atoms with van der Waals surface area (Å²) in [4.78, 5) is 0. The van der Waals surface area contributed by atoms with Gasteiger partial charge in [-0.05, 0) is 108 Å². The monoisotopic (exact) mass is 390 g/mol. The molecule has 0 amide bonds. The first-order valence-corrected chi connectivity index (χ1v) is 11.0. The highest BCUT2D eigenvalue weighted by Crippen LogP contribution is 2.54. The van der Waals surface area contributed by atoms with Gasteiger partial charge in [-0.25, -0.2) is 0 Å². The largest absolute Gasteiger partial charge is 0.0613 e. The van der Waals surface area contributed by atoms with Gasteiger partial charge in [0.15, 0.2) is 0 Å². The van der Waals surface area contributed by atoms with Crippen molar-refractivity contribution in [2.24, 2.45) is 0 Å². The number of hydrogen-bond acceptors (Lipinski definition) is 0. The van der Waals surface area contributed by atoms with Crippen molar-refractivity contribution in [2.45, 2.75) is 53.4 Å². The predicted octanol–water partition coefficient (Wildman–Crippen LogP) is 7.97. The molecule has 1 aliphatic rings. The van der Waals surface area contributed by atoms with Crippen LogP contribution in [0.3, 0.4) is 0 Å². The highest BCUT2D eigenvalue weighted by molar-refractivity contribution is 5.96. The molecule has 0 heterocycles. The van der Waals surface area contributed by atoms with Crippen LogP contribution in [0.15, 0.2) is 60.7 Å². The Morgan fingerprint density at radius 3 is 1.63 bits per heavy atom. The lowest BCUT2D eigenvalue weighted by atomic mass is 9.78. The van der Waals surface area contributed by atoms with Gasteiger partial charge in [-0.1, -0.05) is 60.7 Å². The number of aryl methyl sites for hydroxylation is 6. The number of benzene rings is 4. The lowest BCUT2D eigenvalue weighted by Gasteiger charge is -2.25. The quantitative estimate of drug-likeness (QED) is 0.325. The fraction of sp³-hybridized carbons (Fsp3) is 0.267. The molecule has 4 aromatic carbocycles. The van der Waals surface area contributed by atoms with Crippen molar-refractivity contribution in [1.29, 1.82) is 0 Å². The van der Waals surface area contributed by atoms with E-state index in [2.05, 4.69) is 102 Å². The van der Waals surface area contributed by atoms with Crippen LogP contribution in [0.5, 0.6) is 0 Å². The molecule has 0 saturated carbocycles. The standard InChI is InChI=1S/C30H30/c1-17-10-12-23(14-19(17)3)28-26-9-7-8-25-22(6)21(5)16-27(30(25)26)29(28)24-13-11-18(2)20(4)15-24/h7-16,28-29H,1-6H3. The van der Waals surface area contributed by atoms with Gasteiger partial charge < -0.3 is 0 Å². The molecule has 0 radical (unpaired) electrons. The summed E-state index contributed by atoms with van der Waals surface area (Å²) in [7, 11) is 0. The maximum atomic E-state index is 2.46. The molecule has 1 aliphatic carbocycles. The Hall–Kier alpha value is -2.86. The van der Waals surface area contributed by atoms with Crippen molar-refractivity contribution < 1.29 is 0 Å². The average molecular weight is 391 g/mol. The van der Waals surface area contributed by atoms with E-state index >= 15 is 0 Å². The molecular formula is C30H30. The van der Waals surface area contributed by atoms with Crippen LogP contribution in [0, 0.1) is 41.5 Å². The van der Waals surface area contributed by atoms with Gasteiger partial charge in [0.1, 0.15) is 0 Å². The summed E-state index contributed by atoms with van der Waals surface area (Å²) < 4.78 is 0. The van der Waals surface area contributed by atoms with Crippen LogP contribution in [0.4, 0.5) is 0 Å². The second-order valence-electron chi connectivity index (χ2n) is 9.32. The van der Waals surface area contributed by atoms with Crippen LogP contribution in [-0.2, 0) is 0 Å². The Morgan fingerprint density at radius 1 is 0.500 bits per heavy atom. The topological polar surface area (TPSA) is 0 Å². The third-order valence-electron chi connectivity index (χ3n) is 7.54. The summed E-state index contributed by atoms with van der Waals surface area (Å²) in [6, 6.07) is 23.5. The smallest absolute Gasteiger partial charge is 0.0205 e. The fourth-order valence-corrected chi connectivity index (χ4v) is 5.35. The first-order valence-electron chi connectivity index (χ1n) is 11.0. The SMILES string of the molecule is Cc1ccc(C2c3cccc4c(C)c(C)cc(c34)C2c2ccc(C)c(C)c2)cc1C. The van der Waals surface area contributed by atoms with Crippen LogP contribution >= 0.6 is 0 Å². The molecule has 0 aromatic heterocycles. The third-order valence-corrected chi connectivity index (χ3v) is 7.54. The van der Waals surface area contributed by atoms with E-state index in [4.69, 9.17) is 0 Å². The summed E-state index contributed by atoms with van der Waals surface area (Å²) in [5.41, 5.74) is 14.1. The molecule has 0 saturated heterocycles. The molecule has 0 heteroatoms. The van der Waals surface area contributed by atoms with Crippen molar-refractivity contribution in [2.75, 3.05) is 0 Å². The molecule has 5 rings (SSSR count). The van der Waals surface area contributed by atoms with Crippen LogP contribution in [0.25, 0.3) is 10.8 Å². The molecule has 150 valence electrons. The van der Waals surface area contributed by atoms with Crippen molar-refractivity contribution >= 4 is 10.8 Å². The second kappa shape index (κ2) is 6.84.